The smallest absolute Gasteiger partial charge is 0.311 e. The average molecular weight is 326 g/mol. The van der Waals surface area contributed by atoms with E-state index < -0.39 is 11.8 Å². The van der Waals surface area contributed by atoms with Crippen molar-refractivity contribution in [1.29, 1.82) is 0 Å². The van der Waals surface area contributed by atoms with E-state index in [0.717, 1.165) is 23.1 Å². The largest absolute Gasteiger partial charge is 0.344 e. The van der Waals surface area contributed by atoms with Gasteiger partial charge in [0.05, 0.1) is 0 Å². The summed E-state index contributed by atoms with van der Waals surface area (Å²) in [5.41, 5.74) is 0.948. The molecule has 0 bridgehead atoms. The van der Waals surface area contributed by atoms with Crippen LogP contribution in [0.1, 0.15) is 5.56 Å². The molecule has 0 radical (unpaired) electrons. The summed E-state index contributed by atoms with van der Waals surface area (Å²) in [6.45, 7) is 2.99. The first kappa shape index (κ1) is 14.0. The second kappa shape index (κ2) is 6.68. The Morgan fingerprint density at radius 3 is 2.63 bits per heavy atom. The molecular weight excluding hydrogens is 310 g/mol. The Hall–Kier alpha value is -1.40. The number of nitrogens with zero attached hydrogens (tertiary/aromatic N) is 1. The molecule has 0 aliphatic carbocycles. The van der Waals surface area contributed by atoms with Gasteiger partial charge in [0.15, 0.2) is 0 Å². The Balaban J connectivity index is 1.87. The minimum absolute atomic E-state index is 0.345. The maximum atomic E-state index is 11.9. The zero-order valence-electron chi connectivity index (χ0n) is 10.5. The summed E-state index contributed by atoms with van der Waals surface area (Å²) in [4.78, 5) is 25.2. The molecule has 0 atom stereocenters. The van der Waals surface area contributed by atoms with Crippen LogP contribution in [-0.4, -0.2) is 42.9 Å². The minimum Gasteiger partial charge on any atom is -0.344 e. The molecule has 2 N–H and O–H groups in total. The van der Waals surface area contributed by atoms with E-state index in [2.05, 4.69) is 26.6 Å². The van der Waals surface area contributed by atoms with Crippen molar-refractivity contribution in [2.75, 3.05) is 26.2 Å². The van der Waals surface area contributed by atoms with Gasteiger partial charge in [-0.2, -0.15) is 0 Å². The molecule has 0 unspecified atom stereocenters. The zero-order chi connectivity index (χ0) is 13.7. The SMILES string of the molecule is O=C(NCc1ccccc1Br)C(=O)N1CCNCC1. The number of carbonyl (C=O) groups is 2. The van der Waals surface area contributed by atoms with Crippen LogP contribution in [0.3, 0.4) is 0 Å². The predicted molar refractivity (Wildman–Crippen MR) is 75.4 cm³/mol. The van der Waals surface area contributed by atoms with Gasteiger partial charge < -0.3 is 15.5 Å². The van der Waals surface area contributed by atoms with E-state index >= 15 is 0 Å². The van der Waals surface area contributed by atoms with E-state index in [1.54, 1.807) is 4.90 Å². The third kappa shape index (κ3) is 3.78. The van der Waals surface area contributed by atoms with Crippen LogP contribution in [0.5, 0.6) is 0 Å². The van der Waals surface area contributed by atoms with Crippen molar-refractivity contribution in [3.63, 3.8) is 0 Å². The molecule has 102 valence electrons. The monoisotopic (exact) mass is 325 g/mol. The number of amides is 2. The van der Waals surface area contributed by atoms with Crippen LogP contribution in [0.4, 0.5) is 0 Å². The first-order valence-electron chi connectivity index (χ1n) is 6.19. The number of hydrogen-bond donors (Lipinski definition) is 2. The van der Waals surface area contributed by atoms with Gasteiger partial charge in [-0.25, -0.2) is 0 Å². The van der Waals surface area contributed by atoms with Gasteiger partial charge in [-0.15, -0.1) is 0 Å². The van der Waals surface area contributed by atoms with Gasteiger partial charge in [-0.3, -0.25) is 9.59 Å². The number of benzene rings is 1. The second-order valence-electron chi connectivity index (χ2n) is 4.32. The fraction of sp³-hybridized carbons (Fsp3) is 0.385. The molecule has 1 saturated heterocycles. The molecule has 1 aliphatic rings. The van der Waals surface area contributed by atoms with Crippen molar-refractivity contribution in [1.82, 2.24) is 15.5 Å². The number of halogens is 1. The van der Waals surface area contributed by atoms with Crippen LogP contribution >= 0.6 is 15.9 Å². The zero-order valence-corrected chi connectivity index (χ0v) is 12.1. The number of carbonyl (C=O) groups excluding carboxylic acids is 2. The molecule has 0 saturated carbocycles. The highest BCUT2D eigenvalue weighted by Crippen LogP contribution is 2.15. The third-order valence-electron chi connectivity index (χ3n) is 3.00. The summed E-state index contributed by atoms with van der Waals surface area (Å²) < 4.78 is 0.921. The number of hydrogen-bond acceptors (Lipinski definition) is 3. The number of piperazine rings is 1. The van der Waals surface area contributed by atoms with Crippen LogP contribution < -0.4 is 10.6 Å². The average Bonchev–Trinajstić information content (AvgIpc) is 2.46. The van der Waals surface area contributed by atoms with Crippen LogP contribution in [0, 0.1) is 0 Å². The number of nitrogens with one attached hydrogen (secondary N) is 2. The highest BCUT2D eigenvalue weighted by molar-refractivity contribution is 9.10. The number of rotatable bonds is 2. The molecule has 19 heavy (non-hydrogen) atoms. The molecule has 6 heteroatoms. The normalized spacial score (nSPS) is 15.1. The lowest BCUT2D eigenvalue weighted by molar-refractivity contribution is -0.146. The van der Waals surface area contributed by atoms with E-state index in [9.17, 15) is 9.59 Å². The molecule has 0 spiro atoms. The third-order valence-corrected chi connectivity index (χ3v) is 3.77. The summed E-state index contributed by atoms with van der Waals surface area (Å²) >= 11 is 3.41. The van der Waals surface area contributed by atoms with Gasteiger partial charge in [0, 0.05) is 37.2 Å². The van der Waals surface area contributed by atoms with Crippen molar-refractivity contribution >= 4 is 27.7 Å². The maximum absolute atomic E-state index is 11.9. The van der Waals surface area contributed by atoms with Crippen molar-refractivity contribution in [3.05, 3.63) is 34.3 Å². The summed E-state index contributed by atoms with van der Waals surface area (Å²) in [7, 11) is 0. The Morgan fingerprint density at radius 1 is 1.26 bits per heavy atom. The van der Waals surface area contributed by atoms with Gasteiger partial charge in [-0.05, 0) is 11.6 Å². The molecule has 0 aromatic heterocycles. The standard InChI is InChI=1S/C13H16BrN3O2/c14-11-4-2-1-3-10(11)9-16-12(18)13(19)17-7-5-15-6-8-17/h1-4,15H,5-9H2,(H,16,18). The molecule has 1 fully saturated rings. The van der Waals surface area contributed by atoms with Crippen molar-refractivity contribution in [2.45, 2.75) is 6.54 Å². The lowest BCUT2D eigenvalue weighted by Crippen LogP contribution is -2.51. The quantitative estimate of drug-likeness (QED) is 0.778. The summed E-state index contributed by atoms with van der Waals surface area (Å²) in [6, 6.07) is 7.60. The Morgan fingerprint density at radius 2 is 1.95 bits per heavy atom. The molecule has 1 aliphatic heterocycles. The van der Waals surface area contributed by atoms with Crippen LogP contribution in [0.15, 0.2) is 28.7 Å². The van der Waals surface area contributed by atoms with Gasteiger partial charge in [-0.1, -0.05) is 34.1 Å². The first-order valence-corrected chi connectivity index (χ1v) is 6.99. The van der Waals surface area contributed by atoms with Crippen molar-refractivity contribution in [2.24, 2.45) is 0 Å². The Labute approximate surface area is 120 Å². The predicted octanol–water partition coefficient (Wildman–Crippen LogP) is 0.497. The summed E-state index contributed by atoms with van der Waals surface area (Å²) in [5.74, 6) is -0.994. The highest BCUT2D eigenvalue weighted by Gasteiger charge is 2.22. The topological polar surface area (TPSA) is 61.4 Å². The van der Waals surface area contributed by atoms with Gasteiger partial charge in [0.1, 0.15) is 0 Å². The highest BCUT2D eigenvalue weighted by atomic mass is 79.9. The van der Waals surface area contributed by atoms with E-state index in [1.807, 2.05) is 24.3 Å². The lowest BCUT2D eigenvalue weighted by atomic mass is 10.2. The van der Waals surface area contributed by atoms with Gasteiger partial charge >= 0.3 is 11.8 Å². The fourth-order valence-corrected chi connectivity index (χ4v) is 2.33. The van der Waals surface area contributed by atoms with Crippen molar-refractivity contribution in [3.8, 4) is 0 Å². The van der Waals surface area contributed by atoms with Crippen LogP contribution in [0.25, 0.3) is 0 Å². The molecule has 1 aromatic carbocycles. The Kier molecular flexibility index (Phi) is 4.93. The molecule has 2 amide bonds. The molecule has 2 rings (SSSR count). The molecule has 1 aromatic rings. The summed E-state index contributed by atoms with van der Waals surface area (Å²) in [6.07, 6.45) is 0. The maximum Gasteiger partial charge on any atom is 0.311 e. The van der Waals surface area contributed by atoms with E-state index in [4.69, 9.17) is 0 Å². The van der Waals surface area contributed by atoms with E-state index in [-0.39, 0.29) is 0 Å². The molecular formula is C13H16BrN3O2. The first-order chi connectivity index (χ1) is 9.18. The molecule has 5 nitrogen and oxygen atoms in total. The van der Waals surface area contributed by atoms with Crippen LogP contribution in [0.2, 0.25) is 0 Å². The van der Waals surface area contributed by atoms with Gasteiger partial charge in [0.25, 0.3) is 0 Å². The van der Waals surface area contributed by atoms with Crippen molar-refractivity contribution < 1.29 is 9.59 Å². The second-order valence-corrected chi connectivity index (χ2v) is 5.17. The van der Waals surface area contributed by atoms with E-state index in [0.29, 0.717) is 19.6 Å². The van der Waals surface area contributed by atoms with E-state index in [1.165, 1.54) is 0 Å². The Bertz CT molecular complexity index is 473. The van der Waals surface area contributed by atoms with Gasteiger partial charge in [0.2, 0.25) is 0 Å². The molecule has 1 heterocycles. The fourth-order valence-electron chi connectivity index (χ4n) is 1.90. The minimum atomic E-state index is -0.544. The summed E-state index contributed by atoms with van der Waals surface area (Å²) in [5, 5.41) is 5.80. The van der Waals surface area contributed by atoms with Crippen LogP contribution in [-0.2, 0) is 16.1 Å². The lowest BCUT2D eigenvalue weighted by Gasteiger charge is -2.26.